The first kappa shape index (κ1) is 20.1. The van der Waals surface area contributed by atoms with Crippen LogP contribution in [0, 0.1) is 24.0 Å². The number of hydrogen-bond donors (Lipinski definition) is 0. The predicted octanol–water partition coefficient (Wildman–Crippen LogP) is 4.65. The summed E-state index contributed by atoms with van der Waals surface area (Å²) in [6, 6.07) is 15.2. The Labute approximate surface area is 176 Å². The summed E-state index contributed by atoms with van der Waals surface area (Å²) in [7, 11) is 0. The summed E-state index contributed by atoms with van der Waals surface area (Å²) in [4.78, 5) is 35.5. The number of ether oxygens (including phenoxy) is 2. The molecule has 1 saturated heterocycles. The molecule has 31 heavy (non-hydrogen) atoms. The Bertz CT molecular complexity index is 1180. The molecular weight excluding hydrogens is 402 g/mol. The molecule has 156 valence electrons. The van der Waals surface area contributed by atoms with Gasteiger partial charge < -0.3 is 13.9 Å². The SMILES string of the molecule is Cc1cc(-c2ccc(C=C3C(=O)OC(c4ccccc4)OC3=O)o2)cc(C)c1[N+](=O)[O-]. The van der Waals surface area contributed by atoms with Crippen molar-refractivity contribution in [2.45, 2.75) is 20.1 Å². The van der Waals surface area contributed by atoms with Crippen molar-refractivity contribution in [2.24, 2.45) is 0 Å². The number of nitro benzene ring substituents is 1. The van der Waals surface area contributed by atoms with Gasteiger partial charge in [-0.3, -0.25) is 10.1 Å². The molecule has 0 spiro atoms. The normalized spacial score (nSPS) is 15.9. The van der Waals surface area contributed by atoms with E-state index >= 15 is 0 Å². The zero-order valence-electron chi connectivity index (χ0n) is 16.7. The lowest BCUT2D eigenvalue weighted by Gasteiger charge is -2.23. The molecule has 4 rings (SSSR count). The Morgan fingerprint density at radius 3 is 2.13 bits per heavy atom. The van der Waals surface area contributed by atoms with Crippen LogP contribution in [0.5, 0.6) is 0 Å². The molecule has 8 nitrogen and oxygen atoms in total. The monoisotopic (exact) mass is 419 g/mol. The minimum absolute atomic E-state index is 0.0540. The fourth-order valence-corrected chi connectivity index (χ4v) is 3.41. The van der Waals surface area contributed by atoms with Crippen molar-refractivity contribution in [3.8, 4) is 11.3 Å². The molecule has 0 amide bonds. The van der Waals surface area contributed by atoms with Crippen molar-refractivity contribution in [3.63, 3.8) is 0 Å². The largest absolute Gasteiger partial charge is 0.457 e. The maximum atomic E-state index is 12.4. The smallest absolute Gasteiger partial charge is 0.349 e. The summed E-state index contributed by atoms with van der Waals surface area (Å²) >= 11 is 0. The number of rotatable bonds is 4. The van der Waals surface area contributed by atoms with Crippen molar-refractivity contribution < 1.29 is 28.4 Å². The molecule has 0 aliphatic carbocycles. The van der Waals surface area contributed by atoms with Crippen LogP contribution in [-0.2, 0) is 19.1 Å². The third kappa shape index (κ3) is 3.95. The van der Waals surface area contributed by atoms with Crippen LogP contribution in [0.3, 0.4) is 0 Å². The van der Waals surface area contributed by atoms with Crippen molar-refractivity contribution in [2.75, 3.05) is 0 Å². The summed E-state index contributed by atoms with van der Waals surface area (Å²) < 4.78 is 16.2. The van der Waals surface area contributed by atoms with Crippen molar-refractivity contribution >= 4 is 23.7 Å². The van der Waals surface area contributed by atoms with Gasteiger partial charge in [-0.15, -0.1) is 0 Å². The minimum atomic E-state index is -1.10. The van der Waals surface area contributed by atoms with Gasteiger partial charge in [0.1, 0.15) is 17.1 Å². The van der Waals surface area contributed by atoms with Crippen LogP contribution >= 0.6 is 0 Å². The lowest BCUT2D eigenvalue weighted by molar-refractivity contribution is -0.386. The number of benzene rings is 2. The molecular formula is C23H17NO7. The third-order valence-corrected chi connectivity index (χ3v) is 4.81. The van der Waals surface area contributed by atoms with Crippen LogP contribution in [-0.4, -0.2) is 16.9 Å². The highest BCUT2D eigenvalue weighted by Gasteiger charge is 2.34. The summed E-state index contributed by atoms with van der Waals surface area (Å²) in [6.07, 6.45) is 0.150. The Kier molecular flexibility index (Phi) is 5.12. The average molecular weight is 419 g/mol. The molecule has 2 aromatic carbocycles. The second-order valence-corrected chi connectivity index (χ2v) is 7.03. The van der Waals surface area contributed by atoms with Gasteiger partial charge in [0.05, 0.1) is 4.92 Å². The van der Waals surface area contributed by atoms with Crippen LogP contribution in [0.15, 0.2) is 64.6 Å². The van der Waals surface area contributed by atoms with Gasteiger partial charge in [-0.25, -0.2) is 9.59 Å². The molecule has 0 atom stereocenters. The number of aryl methyl sites for hydroxylation is 2. The zero-order chi connectivity index (χ0) is 22.1. The molecule has 1 fully saturated rings. The van der Waals surface area contributed by atoms with Crippen LogP contribution in [0.1, 0.15) is 28.7 Å². The van der Waals surface area contributed by atoms with E-state index in [1.54, 1.807) is 68.4 Å². The van der Waals surface area contributed by atoms with E-state index in [0.29, 0.717) is 28.0 Å². The summed E-state index contributed by atoms with van der Waals surface area (Å²) in [6.45, 7) is 3.30. The molecule has 0 N–H and O–H groups in total. The van der Waals surface area contributed by atoms with Gasteiger partial charge in [0, 0.05) is 28.3 Å². The highest BCUT2D eigenvalue weighted by Crippen LogP contribution is 2.32. The Morgan fingerprint density at radius 2 is 1.55 bits per heavy atom. The standard InChI is InChI=1S/C23H17NO7/c1-13-10-16(11-14(2)20(13)24(27)28)19-9-8-17(29-19)12-18-21(25)30-23(31-22(18)26)15-6-4-3-5-7-15/h3-12,23H,1-2H3. The Balaban J connectivity index is 1.58. The molecule has 0 bridgehead atoms. The van der Waals surface area contributed by atoms with Crippen molar-refractivity contribution in [1.29, 1.82) is 0 Å². The van der Waals surface area contributed by atoms with Gasteiger partial charge >= 0.3 is 11.9 Å². The summed E-state index contributed by atoms with van der Waals surface area (Å²) in [5, 5.41) is 11.2. The number of nitro groups is 1. The molecule has 1 aromatic heterocycles. The van der Waals surface area contributed by atoms with E-state index in [2.05, 4.69) is 0 Å². The molecule has 1 aliphatic rings. The second kappa shape index (κ2) is 7.91. The zero-order valence-corrected chi connectivity index (χ0v) is 16.7. The van der Waals surface area contributed by atoms with Gasteiger partial charge in [-0.05, 0) is 38.1 Å². The van der Waals surface area contributed by atoms with E-state index in [1.807, 2.05) is 0 Å². The maximum Gasteiger partial charge on any atom is 0.349 e. The first-order chi connectivity index (χ1) is 14.8. The highest BCUT2D eigenvalue weighted by molar-refractivity contribution is 6.18. The van der Waals surface area contributed by atoms with Gasteiger partial charge in [0.25, 0.3) is 12.0 Å². The van der Waals surface area contributed by atoms with E-state index in [4.69, 9.17) is 13.9 Å². The molecule has 1 aliphatic heterocycles. The highest BCUT2D eigenvalue weighted by atomic mass is 16.7. The van der Waals surface area contributed by atoms with Crippen LogP contribution in [0.2, 0.25) is 0 Å². The van der Waals surface area contributed by atoms with E-state index in [9.17, 15) is 19.7 Å². The molecule has 3 aromatic rings. The fraction of sp³-hybridized carbons (Fsp3) is 0.130. The quantitative estimate of drug-likeness (QED) is 0.199. The molecule has 2 heterocycles. The molecule has 0 unspecified atom stereocenters. The fourth-order valence-electron chi connectivity index (χ4n) is 3.41. The number of carbonyl (C=O) groups is 2. The number of cyclic esters (lactones) is 2. The van der Waals surface area contributed by atoms with Crippen molar-refractivity contribution in [1.82, 2.24) is 0 Å². The Morgan fingerprint density at radius 1 is 0.935 bits per heavy atom. The number of furan rings is 1. The number of carbonyl (C=O) groups excluding carboxylic acids is 2. The number of hydrogen-bond acceptors (Lipinski definition) is 7. The lowest BCUT2D eigenvalue weighted by atomic mass is 10.0. The first-order valence-corrected chi connectivity index (χ1v) is 9.38. The Hall–Kier alpha value is -4.20. The molecule has 0 radical (unpaired) electrons. The number of esters is 2. The first-order valence-electron chi connectivity index (χ1n) is 9.38. The average Bonchev–Trinajstić information content (AvgIpc) is 3.19. The predicted molar refractivity (Wildman–Crippen MR) is 110 cm³/mol. The molecule has 0 saturated carbocycles. The van der Waals surface area contributed by atoms with Gasteiger partial charge in [-0.1, -0.05) is 30.3 Å². The van der Waals surface area contributed by atoms with Crippen molar-refractivity contribution in [3.05, 3.63) is 92.7 Å². The van der Waals surface area contributed by atoms with Gasteiger partial charge in [0.15, 0.2) is 0 Å². The van der Waals surface area contributed by atoms with Crippen LogP contribution in [0.4, 0.5) is 5.69 Å². The van der Waals surface area contributed by atoms with Crippen LogP contribution in [0.25, 0.3) is 17.4 Å². The maximum absolute atomic E-state index is 12.4. The van der Waals surface area contributed by atoms with Gasteiger partial charge in [0.2, 0.25) is 0 Å². The van der Waals surface area contributed by atoms with E-state index in [0.717, 1.165) is 0 Å². The summed E-state index contributed by atoms with van der Waals surface area (Å²) in [5.41, 5.74) is 1.96. The second-order valence-electron chi connectivity index (χ2n) is 7.03. The van der Waals surface area contributed by atoms with Crippen LogP contribution < -0.4 is 0 Å². The third-order valence-electron chi connectivity index (χ3n) is 4.81. The van der Waals surface area contributed by atoms with Gasteiger partial charge in [-0.2, -0.15) is 0 Å². The minimum Gasteiger partial charge on any atom is -0.457 e. The summed E-state index contributed by atoms with van der Waals surface area (Å²) in [5.74, 6) is -0.950. The van der Waals surface area contributed by atoms with E-state index in [-0.39, 0.29) is 17.0 Å². The van der Waals surface area contributed by atoms with E-state index < -0.39 is 23.2 Å². The number of nitrogens with zero attached hydrogens (tertiary/aromatic N) is 1. The van der Waals surface area contributed by atoms with E-state index in [1.165, 1.54) is 6.08 Å². The topological polar surface area (TPSA) is 109 Å². The molecule has 8 heteroatoms. The lowest BCUT2D eigenvalue weighted by Crippen LogP contribution is -2.29.